The standard InChI is InChI=1S/C18H17N3O2/c1-3-21(15-9-6-7-13(2)11-15)18(23)17(22)20-16-10-5-4-8-14(16)12-19/h4-11H,3H2,1-2H3,(H,20,22). The van der Waals surface area contributed by atoms with Crippen molar-refractivity contribution in [2.45, 2.75) is 13.8 Å². The summed E-state index contributed by atoms with van der Waals surface area (Å²) in [7, 11) is 0. The molecule has 1 N–H and O–H groups in total. The van der Waals surface area contributed by atoms with Crippen LogP contribution < -0.4 is 10.2 Å². The normalized spacial score (nSPS) is 9.78. The molecule has 5 nitrogen and oxygen atoms in total. The number of nitrogens with one attached hydrogen (secondary N) is 1. The van der Waals surface area contributed by atoms with Crippen LogP contribution >= 0.6 is 0 Å². The van der Waals surface area contributed by atoms with Gasteiger partial charge in [-0.15, -0.1) is 0 Å². The first-order valence-corrected chi connectivity index (χ1v) is 7.25. The highest BCUT2D eigenvalue weighted by Crippen LogP contribution is 2.17. The van der Waals surface area contributed by atoms with Crippen molar-refractivity contribution in [2.24, 2.45) is 0 Å². The summed E-state index contributed by atoms with van der Waals surface area (Å²) >= 11 is 0. The minimum atomic E-state index is -0.768. The Kier molecular flexibility index (Phi) is 5.11. The first kappa shape index (κ1) is 16.2. The van der Waals surface area contributed by atoms with E-state index < -0.39 is 11.8 Å². The molecule has 0 fully saturated rings. The molecule has 0 aliphatic rings. The number of nitriles is 1. The number of anilines is 2. The summed E-state index contributed by atoms with van der Waals surface area (Å²) in [6.07, 6.45) is 0. The number of rotatable bonds is 3. The van der Waals surface area contributed by atoms with Crippen molar-refractivity contribution in [1.82, 2.24) is 0 Å². The molecule has 23 heavy (non-hydrogen) atoms. The summed E-state index contributed by atoms with van der Waals surface area (Å²) in [4.78, 5) is 26.0. The topological polar surface area (TPSA) is 73.2 Å². The van der Waals surface area contributed by atoms with Gasteiger partial charge in [-0.1, -0.05) is 24.3 Å². The molecule has 2 aromatic rings. The number of benzene rings is 2. The van der Waals surface area contributed by atoms with Crippen molar-refractivity contribution in [1.29, 1.82) is 5.26 Å². The number of aryl methyl sites for hydroxylation is 1. The van der Waals surface area contributed by atoms with Gasteiger partial charge in [0.2, 0.25) is 0 Å². The number of likely N-dealkylation sites (N-methyl/N-ethyl adjacent to an activating group) is 1. The van der Waals surface area contributed by atoms with Crippen molar-refractivity contribution >= 4 is 23.2 Å². The molecule has 0 saturated heterocycles. The summed E-state index contributed by atoms with van der Waals surface area (Å²) < 4.78 is 0. The minimum Gasteiger partial charge on any atom is -0.317 e. The lowest BCUT2D eigenvalue weighted by atomic mass is 10.2. The summed E-state index contributed by atoms with van der Waals surface area (Å²) in [5.41, 5.74) is 2.31. The van der Waals surface area contributed by atoms with Crippen LogP contribution in [0.4, 0.5) is 11.4 Å². The summed E-state index contributed by atoms with van der Waals surface area (Å²) in [6, 6.07) is 15.9. The van der Waals surface area contributed by atoms with E-state index >= 15 is 0 Å². The van der Waals surface area contributed by atoms with Crippen molar-refractivity contribution < 1.29 is 9.59 Å². The molecule has 0 aromatic heterocycles. The number of carbonyl (C=O) groups is 2. The molecule has 0 unspecified atom stereocenters. The fraction of sp³-hybridized carbons (Fsp3) is 0.167. The van der Waals surface area contributed by atoms with Gasteiger partial charge in [0.15, 0.2) is 0 Å². The fourth-order valence-electron chi connectivity index (χ4n) is 2.23. The molecule has 0 atom stereocenters. The number of carbonyl (C=O) groups excluding carboxylic acids is 2. The quantitative estimate of drug-likeness (QED) is 0.886. The molecule has 116 valence electrons. The minimum absolute atomic E-state index is 0.312. The van der Waals surface area contributed by atoms with Crippen molar-refractivity contribution in [3.63, 3.8) is 0 Å². The van der Waals surface area contributed by atoms with Gasteiger partial charge in [-0.05, 0) is 43.7 Å². The van der Waals surface area contributed by atoms with Crippen LogP contribution in [0.15, 0.2) is 48.5 Å². The Bertz CT molecular complexity index is 778. The third kappa shape index (κ3) is 3.74. The van der Waals surface area contributed by atoms with Gasteiger partial charge in [-0.3, -0.25) is 9.59 Å². The van der Waals surface area contributed by atoms with Gasteiger partial charge in [-0.25, -0.2) is 0 Å². The maximum absolute atomic E-state index is 12.4. The predicted octanol–water partition coefficient (Wildman–Crippen LogP) is 2.86. The van der Waals surface area contributed by atoms with Gasteiger partial charge in [0, 0.05) is 12.2 Å². The van der Waals surface area contributed by atoms with E-state index in [1.807, 2.05) is 31.2 Å². The van der Waals surface area contributed by atoms with Crippen LogP contribution in [-0.2, 0) is 9.59 Å². The van der Waals surface area contributed by atoms with E-state index in [2.05, 4.69) is 5.32 Å². The molecule has 0 saturated carbocycles. The van der Waals surface area contributed by atoms with Gasteiger partial charge >= 0.3 is 11.8 Å². The monoisotopic (exact) mass is 307 g/mol. The SMILES string of the molecule is CCN(C(=O)C(=O)Nc1ccccc1C#N)c1cccc(C)c1. The van der Waals surface area contributed by atoms with E-state index in [9.17, 15) is 9.59 Å². The van der Waals surface area contributed by atoms with Crippen molar-refractivity contribution in [3.8, 4) is 6.07 Å². The Morgan fingerprint density at radius 2 is 1.91 bits per heavy atom. The van der Waals surface area contributed by atoms with E-state index in [1.165, 1.54) is 4.90 Å². The molecule has 0 spiro atoms. The molecule has 0 aliphatic heterocycles. The van der Waals surface area contributed by atoms with Gasteiger partial charge in [0.25, 0.3) is 0 Å². The summed E-state index contributed by atoms with van der Waals surface area (Å²) in [5, 5.41) is 11.5. The number of nitrogens with zero attached hydrogens (tertiary/aromatic N) is 2. The van der Waals surface area contributed by atoms with Crippen LogP contribution in [0.5, 0.6) is 0 Å². The lowest BCUT2D eigenvalue weighted by Gasteiger charge is -2.21. The molecular weight excluding hydrogens is 290 g/mol. The lowest BCUT2D eigenvalue weighted by Crippen LogP contribution is -2.39. The molecule has 2 aromatic carbocycles. The Balaban J connectivity index is 2.21. The first-order valence-electron chi connectivity index (χ1n) is 7.25. The van der Waals surface area contributed by atoms with Crippen molar-refractivity contribution in [3.05, 3.63) is 59.7 Å². The Hall–Kier alpha value is -3.13. The molecule has 0 radical (unpaired) electrons. The highest BCUT2D eigenvalue weighted by molar-refractivity contribution is 6.44. The predicted molar refractivity (Wildman–Crippen MR) is 89.0 cm³/mol. The van der Waals surface area contributed by atoms with Crippen LogP contribution in [0, 0.1) is 18.3 Å². The fourth-order valence-corrected chi connectivity index (χ4v) is 2.23. The van der Waals surface area contributed by atoms with Gasteiger partial charge in [0.05, 0.1) is 11.3 Å². The van der Waals surface area contributed by atoms with E-state index in [0.29, 0.717) is 23.5 Å². The molecular formula is C18H17N3O2. The molecule has 2 amide bonds. The number of hydrogen-bond acceptors (Lipinski definition) is 3. The van der Waals surface area contributed by atoms with Crippen molar-refractivity contribution in [2.75, 3.05) is 16.8 Å². The number of para-hydroxylation sites is 1. The first-order chi connectivity index (χ1) is 11.1. The second-order valence-corrected chi connectivity index (χ2v) is 5.00. The van der Waals surface area contributed by atoms with Crippen LogP contribution in [0.25, 0.3) is 0 Å². The highest BCUT2D eigenvalue weighted by Gasteiger charge is 2.22. The molecule has 0 bridgehead atoms. The summed E-state index contributed by atoms with van der Waals surface area (Å²) in [5.74, 6) is -1.43. The molecule has 0 aliphatic carbocycles. The average molecular weight is 307 g/mol. The second-order valence-electron chi connectivity index (χ2n) is 5.00. The average Bonchev–Trinajstić information content (AvgIpc) is 2.56. The highest BCUT2D eigenvalue weighted by atomic mass is 16.2. The molecule has 0 heterocycles. The Labute approximate surface area is 135 Å². The molecule has 5 heteroatoms. The largest absolute Gasteiger partial charge is 0.317 e. The Morgan fingerprint density at radius 3 is 2.57 bits per heavy atom. The van der Waals surface area contributed by atoms with E-state index in [1.54, 1.807) is 37.3 Å². The van der Waals surface area contributed by atoms with Crippen LogP contribution in [-0.4, -0.2) is 18.4 Å². The lowest BCUT2D eigenvalue weighted by molar-refractivity contribution is -0.134. The smallest absolute Gasteiger partial charge is 0.316 e. The van der Waals surface area contributed by atoms with E-state index in [-0.39, 0.29) is 0 Å². The zero-order valence-corrected chi connectivity index (χ0v) is 13.0. The van der Waals surface area contributed by atoms with Gasteiger partial charge < -0.3 is 10.2 Å². The third-order valence-electron chi connectivity index (χ3n) is 3.36. The van der Waals surface area contributed by atoms with Crippen LogP contribution in [0.3, 0.4) is 0 Å². The van der Waals surface area contributed by atoms with E-state index in [4.69, 9.17) is 5.26 Å². The Morgan fingerprint density at radius 1 is 1.17 bits per heavy atom. The van der Waals surface area contributed by atoms with E-state index in [0.717, 1.165) is 5.56 Å². The van der Waals surface area contributed by atoms with Gasteiger partial charge in [0.1, 0.15) is 6.07 Å². The molecule has 2 rings (SSSR count). The second kappa shape index (κ2) is 7.23. The zero-order chi connectivity index (χ0) is 16.8. The van der Waals surface area contributed by atoms with Crippen LogP contribution in [0.1, 0.15) is 18.1 Å². The van der Waals surface area contributed by atoms with Crippen LogP contribution in [0.2, 0.25) is 0 Å². The number of amides is 2. The maximum atomic E-state index is 12.4. The maximum Gasteiger partial charge on any atom is 0.316 e. The summed E-state index contributed by atoms with van der Waals surface area (Å²) in [6.45, 7) is 4.09. The van der Waals surface area contributed by atoms with Gasteiger partial charge in [-0.2, -0.15) is 5.26 Å². The number of hydrogen-bond donors (Lipinski definition) is 1. The third-order valence-corrected chi connectivity index (χ3v) is 3.36. The zero-order valence-electron chi connectivity index (χ0n) is 13.0.